The number of hydrogen-bond acceptors (Lipinski definition) is 4. The first kappa shape index (κ1) is 13.7. The maximum Gasteiger partial charge on any atom is 0.257 e. The summed E-state index contributed by atoms with van der Waals surface area (Å²) in [5.74, 6) is 0.654. The molecule has 1 amide bonds. The molecule has 19 heavy (non-hydrogen) atoms. The molecule has 2 atom stereocenters. The normalized spacial score (nSPS) is 20.0. The summed E-state index contributed by atoms with van der Waals surface area (Å²) in [7, 11) is 1.53. The van der Waals surface area contributed by atoms with E-state index in [-0.39, 0.29) is 11.9 Å². The van der Waals surface area contributed by atoms with Crippen LogP contribution < -0.4 is 15.8 Å². The van der Waals surface area contributed by atoms with E-state index in [1.165, 1.54) is 7.11 Å². The fourth-order valence-corrected chi connectivity index (χ4v) is 2.31. The Morgan fingerprint density at radius 2 is 2.37 bits per heavy atom. The summed E-state index contributed by atoms with van der Waals surface area (Å²) in [5.41, 5.74) is 6.68. The Labute approximate surface area is 113 Å². The molecule has 1 fully saturated rings. The van der Waals surface area contributed by atoms with Gasteiger partial charge in [-0.25, -0.2) is 0 Å². The first-order valence-corrected chi connectivity index (χ1v) is 6.44. The summed E-state index contributed by atoms with van der Waals surface area (Å²) in [4.78, 5) is 12.3. The molecule has 0 spiro atoms. The Morgan fingerprint density at radius 1 is 1.58 bits per heavy atom. The average Bonchev–Trinajstić information content (AvgIpc) is 2.92. The van der Waals surface area contributed by atoms with Crippen LogP contribution in [0.2, 0.25) is 0 Å². The molecule has 3 N–H and O–H groups in total. The van der Waals surface area contributed by atoms with Crippen molar-refractivity contribution in [2.24, 2.45) is 5.92 Å². The van der Waals surface area contributed by atoms with Crippen molar-refractivity contribution in [3.63, 3.8) is 0 Å². The van der Waals surface area contributed by atoms with Gasteiger partial charge in [0, 0.05) is 24.3 Å². The van der Waals surface area contributed by atoms with Gasteiger partial charge in [0.1, 0.15) is 11.3 Å². The third kappa shape index (κ3) is 2.98. The van der Waals surface area contributed by atoms with E-state index < -0.39 is 0 Å². The molecule has 0 radical (unpaired) electrons. The molecule has 2 unspecified atom stereocenters. The van der Waals surface area contributed by atoms with Crippen LogP contribution in [0, 0.1) is 5.92 Å². The molecular formula is C14H20N2O3. The van der Waals surface area contributed by atoms with Gasteiger partial charge in [0.15, 0.2) is 0 Å². The minimum absolute atomic E-state index is 0.0549. The molecule has 0 aliphatic carbocycles. The Hall–Kier alpha value is -1.75. The lowest BCUT2D eigenvalue weighted by atomic mass is 10.00. The zero-order valence-corrected chi connectivity index (χ0v) is 11.3. The molecule has 0 saturated carbocycles. The first-order valence-electron chi connectivity index (χ1n) is 6.44. The molecule has 5 heteroatoms. The second kappa shape index (κ2) is 5.93. The van der Waals surface area contributed by atoms with Gasteiger partial charge in [-0.1, -0.05) is 6.07 Å². The summed E-state index contributed by atoms with van der Waals surface area (Å²) in [6.07, 6.45) is 0.975. The van der Waals surface area contributed by atoms with E-state index in [4.69, 9.17) is 15.2 Å². The molecule has 0 bridgehead atoms. The molecule has 0 aromatic heterocycles. The minimum atomic E-state index is -0.200. The van der Waals surface area contributed by atoms with E-state index in [0.717, 1.165) is 13.0 Å². The Bertz CT molecular complexity index is 456. The first-order chi connectivity index (χ1) is 9.13. The van der Waals surface area contributed by atoms with Gasteiger partial charge in [0.25, 0.3) is 5.91 Å². The second-order valence-corrected chi connectivity index (χ2v) is 4.81. The number of ether oxygens (including phenoxy) is 2. The van der Waals surface area contributed by atoms with Gasteiger partial charge in [0.05, 0.1) is 13.7 Å². The highest BCUT2D eigenvalue weighted by molar-refractivity contribution is 6.02. The van der Waals surface area contributed by atoms with Gasteiger partial charge in [-0.05, 0) is 25.5 Å². The van der Waals surface area contributed by atoms with Crippen LogP contribution >= 0.6 is 0 Å². The number of anilines is 1. The SMILES string of the molecule is COc1cccc(N)c1C(=O)NC(C)C1CCOC1. The highest BCUT2D eigenvalue weighted by atomic mass is 16.5. The lowest BCUT2D eigenvalue weighted by molar-refractivity contribution is 0.0920. The number of carbonyl (C=O) groups is 1. The molecule has 5 nitrogen and oxygen atoms in total. The summed E-state index contributed by atoms with van der Waals surface area (Å²) in [6, 6.07) is 5.24. The van der Waals surface area contributed by atoms with Crippen molar-refractivity contribution >= 4 is 11.6 Å². The predicted octanol–water partition coefficient (Wildman–Crippen LogP) is 1.43. The fourth-order valence-electron chi connectivity index (χ4n) is 2.31. The molecule has 1 aliphatic heterocycles. The van der Waals surface area contributed by atoms with Gasteiger partial charge in [0.2, 0.25) is 0 Å². The van der Waals surface area contributed by atoms with Crippen LogP contribution in [-0.2, 0) is 4.74 Å². The number of benzene rings is 1. The third-order valence-corrected chi connectivity index (χ3v) is 3.54. The molecule has 2 rings (SSSR count). The number of methoxy groups -OCH3 is 1. The van der Waals surface area contributed by atoms with Crippen molar-refractivity contribution < 1.29 is 14.3 Å². The standard InChI is InChI=1S/C14H20N2O3/c1-9(10-6-7-19-8-10)16-14(17)13-11(15)4-3-5-12(13)18-2/h3-5,9-10H,6-8,15H2,1-2H3,(H,16,17). The summed E-state index contributed by atoms with van der Waals surface area (Å²) >= 11 is 0. The van der Waals surface area contributed by atoms with Crippen LogP contribution in [0.25, 0.3) is 0 Å². The van der Waals surface area contributed by atoms with Crippen LogP contribution in [-0.4, -0.2) is 32.3 Å². The zero-order valence-electron chi connectivity index (χ0n) is 11.3. The summed E-state index contributed by atoms with van der Waals surface area (Å²) in [5, 5.41) is 2.97. The maximum atomic E-state index is 12.3. The number of amides is 1. The number of nitrogens with one attached hydrogen (secondary N) is 1. The van der Waals surface area contributed by atoms with Crippen molar-refractivity contribution in [1.82, 2.24) is 5.32 Å². The number of rotatable bonds is 4. The number of carbonyl (C=O) groups excluding carboxylic acids is 1. The topological polar surface area (TPSA) is 73.6 Å². The smallest absolute Gasteiger partial charge is 0.257 e. The van der Waals surface area contributed by atoms with Crippen LogP contribution in [0.5, 0.6) is 5.75 Å². The van der Waals surface area contributed by atoms with E-state index >= 15 is 0 Å². The molecule has 1 aliphatic rings. The van der Waals surface area contributed by atoms with Crippen molar-refractivity contribution in [3.8, 4) is 5.75 Å². The Kier molecular flexibility index (Phi) is 4.27. The lowest BCUT2D eigenvalue weighted by Crippen LogP contribution is -2.38. The number of nitrogen functional groups attached to an aromatic ring is 1. The molecule has 1 aromatic rings. The lowest BCUT2D eigenvalue weighted by Gasteiger charge is -2.20. The molecule has 104 valence electrons. The van der Waals surface area contributed by atoms with E-state index in [1.807, 2.05) is 6.92 Å². The Morgan fingerprint density at radius 3 is 3.00 bits per heavy atom. The van der Waals surface area contributed by atoms with Crippen LogP contribution in [0.1, 0.15) is 23.7 Å². The van der Waals surface area contributed by atoms with Crippen molar-refractivity contribution in [3.05, 3.63) is 23.8 Å². The van der Waals surface area contributed by atoms with Crippen molar-refractivity contribution in [1.29, 1.82) is 0 Å². The van der Waals surface area contributed by atoms with E-state index in [2.05, 4.69) is 5.32 Å². The van der Waals surface area contributed by atoms with Crippen LogP contribution in [0.4, 0.5) is 5.69 Å². The predicted molar refractivity (Wildman–Crippen MR) is 73.3 cm³/mol. The monoisotopic (exact) mass is 264 g/mol. The number of nitrogens with two attached hydrogens (primary N) is 1. The summed E-state index contributed by atoms with van der Waals surface area (Å²) < 4.78 is 10.5. The van der Waals surface area contributed by atoms with E-state index in [9.17, 15) is 4.79 Å². The zero-order chi connectivity index (χ0) is 13.8. The third-order valence-electron chi connectivity index (χ3n) is 3.54. The Balaban J connectivity index is 2.11. The van der Waals surface area contributed by atoms with E-state index in [0.29, 0.717) is 29.5 Å². The van der Waals surface area contributed by atoms with Gasteiger partial charge >= 0.3 is 0 Å². The van der Waals surface area contributed by atoms with E-state index in [1.54, 1.807) is 18.2 Å². The van der Waals surface area contributed by atoms with Crippen molar-refractivity contribution in [2.75, 3.05) is 26.1 Å². The largest absolute Gasteiger partial charge is 0.496 e. The summed E-state index contributed by atoms with van der Waals surface area (Å²) in [6.45, 7) is 3.45. The van der Waals surface area contributed by atoms with Gasteiger partial charge < -0.3 is 20.5 Å². The highest BCUT2D eigenvalue weighted by Crippen LogP contribution is 2.25. The minimum Gasteiger partial charge on any atom is -0.496 e. The molecule has 1 aromatic carbocycles. The quantitative estimate of drug-likeness (QED) is 0.807. The van der Waals surface area contributed by atoms with Crippen LogP contribution in [0.15, 0.2) is 18.2 Å². The molecule has 1 heterocycles. The van der Waals surface area contributed by atoms with Gasteiger partial charge in [-0.15, -0.1) is 0 Å². The van der Waals surface area contributed by atoms with Crippen LogP contribution in [0.3, 0.4) is 0 Å². The second-order valence-electron chi connectivity index (χ2n) is 4.81. The molecule has 1 saturated heterocycles. The molecular weight excluding hydrogens is 244 g/mol. The average molecular weight is 264 g/mol. The van der Waals surface area contributed by atoms with Gasteiger partial charge in [-0.3, -0.25) is 4.79 Å². The van der Waals surface area contributed by atoms with Crippen molar-refractivity contribution in [2.45, 2.75) is 19.4 Å². The maximum absolute atomic E-state index is 12.3. The van der Waals surface area contributed by atoms with Gasteiger partial charge in [-0.2, -0.15) is 0 Å². The number of hydrogen-bond donors (Lipinski definition) is 2. The highest BCUT2D eigenvalue weighted by Gasteiger charge is 2.25. The fraction of sp³-hybridized carbons (Fsp3) is 0.500.